The van der Waals surface area contributed by atoms with Crippen LogP contribution in [0.4, 0.5) is 0 Å². The fourth-order valence-corrected chi connectivity index (χ4v) is 6.20. The Morgan fingerprint density at radius 2 is 1.85 bits per heavy atom. The van der Waals surface area contributed by atoms with Crippen molar-refractivity contribution in [1.29, 1.82) is 0 Å². The van der Waals surface area contributed by atoms with Crippen LogP contribution in [0.25, 0.3) is 11.0 Å². The van der Waals surface area contributed by atoms with E-state index in [1.165, 1.54) is 0 Å². The van der Waals surface area contributed by atoms with Gasteiger partial charge in [0.05, 0.1) is 15.6 Å². The summed E-state index contributed by atoms with van der Waals surface area (Å²) < 4.78 is 5.87. The van der Waals surface area contributed by atoms with Gasteiger partial charge in [-0.25, -0.2) is 4.79 Å². The highest BCUT2D eigenvalue weighted by Gasteiger charge is 2.31. The molecule has 41 heavy (non-hydrogen) atoms. The monoisotopic (exact) mass is 599 g/mol. The van der Waals surface area contributed by atoms with Gasteiger partial charge in [0.2, 0.25) is 0 Å². The van der Waals surface area contributed by atoms with Crippen LogP contribution in [-0.4, -0.2) is 77.9 Å². The average Bonchev–Trinajstić information content (AvgIpc) is 3.60. The van der Waals surface area contributed by atoms with E-state index in [0.717, 1.165) is 42.4 Å². The van der Waals surface area contributed by atoms with Crippen LogP contribution in [0.3, 0.4) is 0 Å². The molecular formula is C29H31Cl2N5O5. The molecule has 1 saturated heterocycles. The number of carboxylic acid groups (broad SMARTS) is 1. The Morgan fingerprint density at radius 3 is 2.54 bits per heavy atom. The highest BCUT2D eigenvalue weighted by molar-refractivity contribution is 6.40. The number of halogens is 2. The molecule has 1 fully saturated rings. The number of hydrogen-bond acceptors (Lipinski definition) is 5. The summed E-state index contributed by atoms with van der Waals surface area (Å²) in [4.78, 5) is 46.5. The number of para-hydroxylation sites is 1. The van der Waals surface area contributed by atoms with Crippen molar-refractivity contribution < 1.29 is 23.9 Å². The lowest BCUT2D eigenvalue weighted by Crippen LogP contribution is -2.51. The van der Waals surface area contributed by atoms with Crippen LogP contribution in [0, 0.1) is 6.92 Å². The number of fused-ring (bicyclic) bond motifs is 2. The maximum absolute atomic E-state index is 13.4. The number of nitrogens with one attached hydrogen (secondary N) is 2. The highest BCUT2D eigenvalue weighted by Crippen LogP contribution is 2.35. The quantitative estimate of drug-likeness (QED) is 0.287. The van der Waals surface area contributed by atoms with Gasteiger partial charge in [-0.05, 0) is 49.4 Å². The molecule has 1 aromatic heterocycles. The number of aliphatic imine (C=N–C) groups is 1. The van der Waals surface area contributed by atoms with Gasteiger partial charge in [-0.15, -0.1) is 0 Å². The molecule has 2 aliphatic heterocycles. The molecule has 2 aliphatic rings. The first-order chi connectivity index (χ1) is 19.7. The summed E-state index contributed by atoms with van der Waals surface area (Å²) >= 11 is 13.2. The molecule has 216 valence electrons. The van der Waals surface area contributed by atoms with Crippen molar-refractivity contribution in [2.75, 3.05) is 33.2 Å². The topological polar surface area (TPSA) is 127 Å². The molecule has 3 aromatic rings. The number of carbonyl (C=O) groups excluding carboxylic acids is 2. The van der Waals surface area contributed by atoms with Crippen molar-refractivity contribution in [2.24, 2.45) is 4.99 Å². The third kappa shape index (κ3) is 5.71. The first-order valence-corrected chi connectivity index (χ1v) is 14.2. The van der Waals surface area contributed by atoms with Gasteiger partial charge < -0.3 is 30.0 Å². The van der Waals surface area contributed by atoms with Gasteiger partial charge in [-0.3, -0.25) is 14.6 Å². The van der Waals surface area contributed by atoms with Gasteiger partial charge in [0, 0.05) is 50.7 Å². The fraction of sp³-hybridized carbons (Fsp3) is 0.379. The van der Waals surface area contributed by atoms with Crippen molar-refractivity contribution in [1.82, 2.24) is 20.4 Å². The number of amides is 2. The Labute approximate surface area is 247 Å². The number of furan rings is 1. The normalized spacial score (nSPS) is 16.0. The second kappa shape index (κ2) is 12.0. The van der Waals surface area contributed by atoms with E-state index in [1.54, 1.807) is 18.0 Å². The van der Waals surface area contributed by atoms with Crippen LogP contribution in [0.2, 0.25) is 10.0 Å². The predicted octanol–water partition coefficient (Wildman–Crippen LogP) is 4.10. The molecule has 5 rings (SSSR count). The van der Waals surface area contributed by atoms with E-state index in [1.807, 2.05) is 36.1 Å². The zero-order valence-electron chi connectivity index (χ0n) is 22.8. The number of hydrogen-bond donors (Lipinski definition) is 3. The third-order valence-electron chi connectivity index (χ3n) is 7.64. The minimum atomic E-state index is -1.25. The number of aliphatic carboxylic acids is 1. The van der Waals surface area contributed by atoms with E-state index in [4.69, 9.17) is 27.6 Å². The lowest BCUT2D eigenvalue weighted by atomic mass is 9.96. The van der Waals surface area contributed by atoms with Crippen LogP contribution in [-0.2, 0) is 17.8 Å². The molecule has 2 aromatic carbocycles. The number of guanidine groups is 1. The van der Waals surface area contributed by atoms with Gasteiger partial charge in [-0.1, -0.05) is 41.4 Å². The molecule has 0 spiro atoms. The van der Waals surface area contributed by atoms with Crippen molar-refractivity contribution >= 4 is 57.9 Å². The van der Waals surface area contributed by atoms with Crippen LogP contribution in [0.1, 0.15) is 50.4 Å². The summed E-state index contributed by atoms with van der Waals surface area (Å²) in [7, 11) is 1.63. The van der Waals surface area contributed by atoms with E-state index >= 15 is 0 Å². The molecule has 0 radical (unpaired) electrons. The molecule has 0 saturated carbocycles. The number of carbonyl (C=O) groups is 3. The van der Waals surface area contributed by atoms with E-state index < -0.39 is 17.9 Å². The van der Waals surface area contributed by atoms with Crippen molar-refractivity contribution in [3.05, 3.63) is 68.4 Å². The smallest absolute Gasteiger partial charge is 0.328 e. The first kappa shape index (κ1) is 28.8. The van der Waals surface area contributed by atoms with Crippen molar-refractivity contribution in [3.63, 3.8) is 0 Å². The molecule has 0 unspecified atom stereocenters. The van der Waals surface area contributed by atoms with Crippen LogP contribution in [0.5, 0.6) is 0 Å². The number of likely N-dealkylation sites (tertiary alicyclic amines) is 1. The van der Waals surface area contributed by atoms with Gasteiger partial charge in [-0.2, -0.15) is 0 Å². The Balaban J connectivity index is 1.31. The van der Waals surface area contributed by atoms with E-state index in [2.05, 4.69) is 15.6 Å². The molecule has 0 aliphatic carbocycles. The molecule has 10 nitrogen and oxygen atoms in total. The molecule has 3 heterocycles. The minimum Gasteiger partial charge on any atom is -0.480 e. The first-order valence-electron chi connectivity index (χ1n) is 13.5. The average molecular weight is 601 g/mol. The second-order valence-corrected chi connectivity index (χ2v) is 11.0. The van der Waals surface area contributed by atoms with Crippen LogP contribution >= 0.6 is 23.2 Å². The summed E-state index contributed by atoms with van der Waals surface area (Å²) in [5.74, 6) is -1.26. The lowest BCUT2D eigenvalue weighted by molar-refractivity contribution is -0.139. The molecule has 3 N–H and O–H groups in total. The van der Waals surface area contributed by atoms with Crippen molar-refractivity contribution in [2.45, 2.75) is 38.8 Å². The lowest BCUT2D eigenvalue weighted by Gasteiger charge is -2.30. The molecule has 12 heteroatoms. The summed E-state index contributed by atoms with van der Waals surface area (Å²) in [6.45, 7) is 4.07. The number of carboxylic acids is 1. The Kier molecular flexibility index (Phi) is 8.42. The SMILES string of the molecule is C/N=C(/NC[C@H](NC(=O)c1c(Cl)cc2c(c1Cl)CCN(C(=O)c1oc3ccccc3c1C)C2)C(=O)O)N1CCCC1. The third-order valence-corrected chi connectivity index (χ3v) is 8.36. The zero-order valence-corrected chi connectivity index (χ0v) is 24.3. The second-order valence-electron chi connectivity index (χ2n) is 10.2. The standard InChI is InChI=1S/C29H31Cl2N5O5/c1-16-18-7-3-4-8-22(18)41-25(16)27(38)36-12-9-19-17(15-36)13-20(30)23(24(19)31)26(37)34-21(28(39)40)14-33-29(32-2)35-10-5-6-11-35/h3-4,7-8,13,21H,5-6,9-12,14-15H2,1-2H3,(H,32,33)(H,34,37)(H,39,40)/t21-/m0/s1. The van der Waals surface area contributed by atoms with Crippen molar-refractivity contribution in [3.8, 4) is 0 Å². The highest BCUT2D eigenvalue weighted by atomic mass is 35.5. The largest absolute Gasteiger partial charge is 0.480 e. The van der Waals surface area contributed by atoms with Crippen LogP contribution in [0.15, 0.2) is 39.7 Å². The number of benzene rings is 2. The molecule has 0 bridgehead atoms. The number of aryl methyl sites for hydroxylation is 1. The minimum absolute atomic E-state index is 0.00941. The Hall–Kier alpha value is -3.76. The van der Waals surface area contributed by atoms with E-state index in [-0.39, 0.29) is 40.4 Å². The van der Waals surface area contributed by atoms with E-state index in [0.29, 0.717) is 30.1 Å². The Bertz CT molecular complexity index is 1550. The summed E-state index contributed by atoms with van der Waals surface area (Å²) in [5.41, 5.74) is 2.85. The summed E-state index contributed by atoms with van der Waals surface area (Å²) in [6, 6.07) is 7.86. The number of rotatable bonds is 6. The molecule has 2 amide bonds. The maximum atomic E-state index is 13.4. The van der Waals surface area contributed by atoms with Gasteiger partial charge in [0.15, 0.2) is 11.7 Å². The molecule has 1 atom stereocenters. The summed E-state index contributed by atoms with van der Waals surface area (Å²) in [6.07, 6.45) is 2.48. The van der Waals surface area contributed by atoms with Crippen LogP contribution < -0.4 is 10.6 Å². The van der Waals surface area contributed by atoms with Gasteiger partial charge >= 0.3 is 5.97 Å². The Morgan fingerprint density at radius 1 is 1.12 bits per heavy atom. The van der Waals surface area contributed by atoms with Gasteiger partial charge in [0.1, 0.15) is 11.6 Å². The summed E-state index contributed by atoms with van der Waals surface area (Å²) in [5, 5.41) is 16.5. The number of nitrogens with zero attached hydrogens (tertiary/aromatic N) is 3. The predicted molar refractivity (Wildman–Crippen MR) is 157 cm³/mol. The van der Waals surface area contributed by atoms with Gasteiger partial charge in [0.25, 0.3) is 11.8 Å². The fourth-order valence-electron chi connectivity index (χ4n) is 5.44. The molecular weight excluding hydrogens is 569 g/mol. The maximum Gasteiger partial charge on any atom is 0.328 e. The zero-order chi connectivity index (χ0) is 29.3. The van der Waals surface area contributed by atoms with E-state index in [9.17, 15) is 19.5 Å².